The molecule has 0 radical (unpaired) electrons. The van der Waals surface area contributed by atoms with Crippen molar-refractivity contribution in [2.45, 2.75) is 0 Å². The zero-order valence-electron chi connectivity index (χ0n) is 30.3. The zero-order valence-corrected chi connectivity index (χ0v) is 30.3. The molecule has 8 aromatic carbocycles. The summed E-state index contributed by atoms with van der Waals surface area (Å²) in [6.45, 7) is 0. The summed E-state index contributed by atoms with van der Waals surface area (Å²) in [7, 11) is 0. The van der Waals surface area contributed by atoms with E-state index in [9.17, 15) is 19.2 Å². The van der Waals surface area contributed by atoms with Gasteiger partial charge in [-0.15, -0.1) is 0 Å². The molecule has 0 bridgehead atoms. The molecule has 8 rings (SSSR count). The normalized spacial score (nSPS) is 10.8. The topological polar surface area (TPSA) is 68.3 Å². The van der Waals surface area contributed by atoms with Crippen LogP contribution in [0.1, 0.15) is 41.4 Å². The maximum Gasteiger partial charge on any atom is 0.150 e. The molecular formula is C52H34O4. The van der Waals surface area contributed by atoms with E-state index < -0.39 is 0 Å². The van der Waals surface area contributed by atoms with Gasteiger partial charge in [-0.05, 0) is 77.9 Å². The lowest BCUT2D eigenvalue weighted by Gasteiger charge is -2.18. The van der Waals surface area contributed by atoms with Crippen molar-refractivity contribution in [2.24, 2.45) is 0 Å². The summed E-state index contributed by atoms with van der Waals surface area (Å²) in [5.74, 6) is 0. The van der Waals surface area contributed by atoms with Crippen LogP contribution in [0.15, 0.2) is 182 Å². The highest BCUT2D eigenvalue weighted by Gasteiger charge is 2.17. The number of hydrogen-bond acceptors (Lipinski definition) is 4. The molecule has 266 valence electrons. The van der Waals surface area contributed by atoms with E-state index in [1.165, 1.54) is 0 Å². The minimum atomic E-state index is 0.618. The number of aldehydes is 4. The number of hydrogen-bond donors (Lipinski definition) is 0. The second-order valence-electron chi connectivity index (χ2n) is 13.6. The van der Waals surface area contributed by atoms with Crippen LogP contribution in [-0.2, 0) is 0 Å². The summed E-state index contributed by atoms with van der Waals surface area (Å²) in [5, 5.41) is 0. The SMILES string of the molecule is O=Cc1ccc(-c2cccc(-c3ccc(C=O)cc3)c2-c2ccc(-c3ccc(-c4c(-c5ccc(C=O)cc5)cccc4-c4ccc(C=O)cc4)cc3)cc2)cc1. The first-order valence-corrected chi connectivity index (χ1v) is 18.3. The van der Waals surface area contributed by atoms with Crippen LogP contribution in [0.2, 0.25) is 0 Å². The Hall–Kier alpha value is -7.56. The fraction of sp³-hybridized carbons (Fsp3) is 0. The fourth-order valence-corrected chi connectivity index (χ4v) is 7.31. The van der Waals surface area contributed by atoms with Crippen molar-refractivity contribution in [1.29, 1.82) is 0 Å². The van der Waals surface area contributed by atoms with E-state index in [1.807, 2.05) is 109 Å². The van der Waals surface area contributed by atoms with Crippen molar-refractivity contribution >= 4 is 25.1 Å². The van der Waals surface area contributed by atoms with Gasteiger partial charge in [-0.25, -0.2) is 0 Å². The maximum absolute atomic E-state index is 11.4. The van der Waals surface area contributed by atoms with Crippen molar-refractivity contribution < 1.29 is 19.2 Å². The average molecular weight is 723 g/mol. The van der Waals surface area contributed by atoms with Gasteiger partial charge in [-0.3, -0.25) is 19.2 Å². The maximum atomic E-state index is 11.4. The minimum absolute atomic E-state index is 0.618. The summed E-state index contributed by atoms with van der Waals surface area (Å²) in [4.78, 5) is 45.7. The Bertz CT molecular complexity index is 2360. The van der Waals surface area contributed by atoms with E-state index in [-0.39, 0.29) is 0 Å². The predicted molar refractivity (Wildman–Crippen MR) is 226 cm³/mol. The molecule has 0 saturated carbocycles. The van der Waals surface area contributed by atoms with Gasteiger partial charge in [0, 0.05) is 22.3 Å². The van der Waals surface area contributed by atoms with Gasteiger partial charge in [0.05, 0.1) is 0 Å². The Morgan fingerprint density at radius 3 is 0.625 bits per heavy atom. The van der Waals surface area contributed by atoms with Crippen molar-refractivity contribution in [2.75, 3.05) is 0 Å². The summed E-state index contributed by atoms with van der Waals surface area (Å²) >= 11 is 0. The van der Waals surface area contributed by atoms with Gasteiger partial charge in [0.25, 0.3) is 0 Å². The van der Waals surface area contributed by atoms with E-state index in [0.29, 0.717) is 22.3 Å². The molecule has 0 aliphatic rings. The molecule has 0 aromatic heterocycles. The monoisotopic (exact) mass is 722 g/mol. The molecule has 4 nitrogen and oxygen atoms in total. The molecular weight excluding hydrogens is 689 g/mol. The summed E-state index contributed by atoms with van der Waals surface area (Å²) in [5.41, 5.74) is 16.9. The Labute approximate surface area is 325 Å². The molecule has 0 heterocycles. The Morgan fingerprint density at radius 1 is 0.214 bits per heavy atom. The molecule has 56 heavy (non-hydrogen) atoms. The summed E-state index contributed by atoms with van der Waals surface area (Å²) in [6, 6.07) is 60.0. The summed E-state index contributed by atoms with van der Waals surface area (Å²) < 4.78 is 0. The molecule has 4 heteroatoms. The van der Waals surface area contributed by atoms with E-state index in [0.717, 1.165) is 103 Å². The van der Waals surface area contributed by atoms with Crippen LogP contribution in [-0.4, -0.2) is 25.1 Å². The Morgan fingerprint density at radius 2 is 0.411 bits per heavy atom. The van der Waals surface area contributed by atoms with Gasteiger partial charge in [0.15, 0.2) is 0 Å². The molecule has 0 spiro atoms. The molecule has 0 aliphatic heterocycles. The fourth-order valence-electron chi connectivity index (χ4n) is 7.31. The lowest BCUT2D eigenvalue weighted by Crippen LogP contribution is -1.92. The third kappa shape index (κ3) is 7.07. The van der Waals surface area contributed by atoms with Crippen LogP contribution in [0.25, 0.3) is 77.9 Å². The third-order valence-electron chi connectivity index (χ3n) is 10.2. The van der Waals surface area contributed by atoms with E-state index >= 15 is 0 Å². The number of rotatable bonds is 11. The number of benzene rings is 8. The van der Waals surface area contributed by atoms with Crippen molar-refractivity contribution in [1.82, 2.24) is 0 Å². The van der Waals surface area contributed by atoms with Crippen LogP contribution in [0.5, 0.6) is 0 Å². The minimum Gasteiger partial charge on any atom is -0.298 e. The second-order valence-corrected chi connectivity index (χ2v) is 13.6. The molecule has 8 aromatic rings. The molecule has 0 atom stereocenters. The quantitative estimate of drug-likeness (QED) is 0.125. The van der Waals surface area contributed by atoms with Gasteiger partial charge in [-0.1, -0.05) is 182 Å². The van der Waals surface area contributed by atoms with Gasteiger partial charge in [0.1, 0.15) is 25.1 Å². The highest BCUT2D eigenvalue weighted by Crippen LogP contribution is 2.43. The van der Waals surface area contributed by atoms with Crippen molar-refractivity contribution in [3.8, 4) is 77.9 Å². The van der Waals surface area contributed by atoms with E-state index in [2.05, 4.69) is 72.8 Å². The highest BCUT2D eigenvalue weighted by molar-refractivity contribution is 5.97. The first-order valence-electron chi connectivity index (χ1n) is 18.3. The lowest BCUT2D eigenvalue weighted by molar-refractivity contribution is 0.111. The van der Waals surface area contributed by atoms with Gasteiger partial charge in [0.2, 0.25) is 0 Å². The molecule has 0 saturated heterocycles. The van der Waals surface area contributed by atoms with E-state index in [1.54, 1.807) is 0 Å². The predicted octanol–water partition coefficient (Wildman–Crippen LogP) is 12.6. The van der Waals surface area contributed by atoms with Crippen LogP contribution < -0.4 is 0 Å². The summed E-state index contributed by atoms with van der Waals surface area (Å²) in [6.07, 6.45) is 3.40. The number of carbonyl (C=O) groups is 4. The molecule has 0 aliphatic carbocycles. The Kier molecular flexibility index (Phi) is 10.0. The first kappa shape index (κ1) is 35.5. The standard InChI is InChI=1S/C52H34O4/c53-31-35-7-15-41(16-8-35)47-3-1-4-48(42-17-9-36(32-54)10-18-42)51(47)45-27-23-39(24-28-45)40-25-29-46(30-26-40)52-49(43-19-11-37(33-55)12-20-43)5-2-6-50(52)44-21-13-38(34-56)14-22-44/h1-34H. The largest absolute Gasteiger partial charge is 0.298 e. The second kappa shape index (κ2) is 15.8. The smallest absolute Gasteiger partial charge is 0.150 e. The average Bonchev–Trinajstić information content (AvgIpc) is 3.29. The van der Waals surface area contributed by atoms with Crippen LogP contribution in [0.4, 0.5) is 0 Å². The van der Waals surface area contributed by atoms with Crippen LogP contribution in [0, 0.1) is 0 Å². The van der Waals surface area contributed by atoms with Crippen LogP contribution >= 0.6 is 0 Å². The van der Waals surface area contributed by atoms with Crippen molar-refractivity contribution in [3.63, 3.8) is 0 Å². The lowest BCUT2D eigenvalue weighted by atomic mass is 9.86. The molecule has 0 unspecified atom stereocenters. The highest BCUT2D eigenvalue weighted by atomic mass is 16.1. The van der Waals surface area contributed by atoms with Gasteiger partial charge < -0.3 is 0 Å². The first-order chi connectivity index (χ1) is 27.6. The molecule has 0 fully saturated rings. The zero-order chi connectivity index (χ0) is 38.4. The van der Waals surface area contributed by atoms with Crippen molar-refractivity contribution in [3.05, 3.63) is 204 Å². The molecule has 0 amide bonds. The van der Waals surface area contributed by atoms with E-state index in [4.69, 9.17) is 0 Å². The molecule has 0 N–H and O–H groups in total. The van der Waals surface area contributed by atoms with Crippen LogP contribution in [0.3, 0.4) is 0 Å². The van der Waals surface area contributed by atoms with Gasteiger partial charge >= 0.3 is 0 Å². The van der Waals surface area contributed by atoms with Gasteiger partial charge in [-0.2, -0.15) is 0 Å². The Balaban J connectivity index is 1.19. The number of carbonyl (C=O) groups excluding carboxylic acids is 4. The third-order valence-corrected chi connectivity index (χ3v) is 10.2.